The summed E-state index contributed by atoms with van der Waals surface area (Å²) in [7, 11) is 0. The molecule has 0 spiro atoms. The molecule has 2 unspecified atom stereocenters. The highest BCUT2D eigenvalue weighted by Gasteiger charge is 2.36. The molecule has 4 rings (SSSR count). The van der Waals surface area contributed by atoms with Gasteiger partial charge < -0.3 is 14.6 Å². The molecule has 1 aromatic rings. The number of piperidine rings is 1. The Morgan fingerprint density at radius 1 is 1.20 bits per heavy atom. The van der Waals surface area contributed by atoms with Gasteiger partial charge in [-0.15, -0.1) is 0 Å². The third-order valence-corrected chi connectivity index (χ3v) is 5.32. The summed E-state index contributed by atoms with van der Waals surface area (Å²) in [5, 5.41) is 3.68. The Morgan fingerprint density at radius 2 is 1.95 bits per heavy atom. The van der Waals surface area contributed by atoms with Gasteiger partial charge in [-0.05, 0) is 63.2 Å². The number of hydrogen-bond acceptors (Lipinski definition) is 3. The number of furan rings is 1. The predicted molar refractivity (Wildman–Crippen MR) is 79.7 cm³/mol. The lowest BCUT2D eigenvalue weighted by Gasteiger charge is -2.32. The van der Waals surface area contributed by atoms with E-state index in [0.29, 0.717) is 12.0 Å². The second-order valence-corrected chi connectivity index (χ2v) is 7.05. The van der Waals surface area contributed by atoms with Crippen molar-refractivity contribution in [1.82, 2.24) is 10.2 Å². The van der Waals surface area contributed by atoms with Gasteiger partial charge in [0.25, 0.3) is 0 Å². The number of hydrogen-bond donors (Lipinski definition) is 1. The molecule has 3 aliphatic rings. The third-order valence-electron chi connectivity index (χ3n) is 5.32. The van der Waals surface area contributed by atoms with E-state index in [1.54, 1.807) is 0 Å². The van der Waals surface area contributed by atoms with Gasteiger partial charge in [0.15, 0.2) is 0 Å². The average Bonchev–Trinajstić information content (AvgIpc) is 3.38. The molecule has 0 radical (unpaired) electrons. The molecule has 0 aromatic carbocycles. The first-order valence-corrected chi connectivity index (χ1v) is 8.35. The lowest BCUT2D eigenvalue weighted by atomic mass is 10.0. The summed E-state index contributed by atoms with van der Waals surface area (Å²) >= 11 is 0. The minimum Gasteiger partial charge on any atom is -0.464 e. The maximum absolute atomic E-state index is 5.97. The highest BCUT2D eigenvalue weighted by Crippen LogP contribution is 2.47. The van der Waals surface area contributed by atoms with Gasteiger partial charge in [0.05, 0.1) is 6.54 Å². The lowest BCUT2D eigenvalue weighted by Crippen LogP contribution is -2.43. The second-order valence-electron chi connectivity index (χ2n) is 7.05. The van der Waals surface area contributed by atoms with Gasteiger partial charge >= 0.3 is 0 Å². The fourth-order valence-electron chi connectivity index (χ4n) is 3.56. The Balaban J connectivity index is 1.23. The topological polar surface area (TPSA) is 28.4 Å². The van der Waals surface area contributed by atoms with Crippen LogP contribution >= 0.6 is 0 Å². The van der Waals surface area contributed by atoms with Crippen LogP contribution in [0.15, 0.2) is 16.5 Å². The molecule has 0 amide bonds. The van der Waals surface area contributed by atoms with Gasteiger partial charge in [0.2, 0.25) is 0 Å². The predicted octanol–water partition coefficient (Wildman–Crippen LogP) is 3.12. The van der Waals surface area contributed by atoms with Crippen molar-refractivity contribution in [1.29, 1.82) is 0 Å². The molecular weight excluding hydrogens is 248 g/mol. The van der Waals surface area contributed by atoms with Crippen LogP contribution in [-0.4, -0.2) is 30.1 Å². The first-order chi connectivity index (χ1) is 9.79. The fourth-order valence-corrected chi connectivity index (χ4v) is 3.56. The van der Waals surface area contributed by atoms with Gasteiger partial charge in [-0.3, -0.25) is 0 Å². The van der Waals surface area contributed by atoms with Crippen LogP contribution in [0.25, 0.3) is 0 Å². The zero-order valence-electron chi connectivity index (χ0n) is 12.5. The highest BCUT2D eigenvalue weighted by atomic mass is 16.3. The standard InChI is InChI=1S/C17H26N2O/c1-12-10-16(12)17-5-4-15(20-17)11-18-13-6-8-19(9-7-13)14-2-3-14/h4-5,12-14,16,18H,2-3,6-11H2,1H3. The molecule has 20 heavy (non-hydrogen) atoms. The van der Waals surface area contributed by atoms with E-state index in [2.05, 4.69) is 29.3 Å². The lowest BCUT2D eigenvalue weighted by molar-refractivity contribution is 0.187. The molecule has 3 nitrogen and oxygen atoms in total. The Labute approximate surface area is 121 Å². The summed E-state index contributed by atoms with van der Waals surface area (Å²) in [5.41, 5.74) is 0. The number of likely N-dealkylation sites (tertiary alicyclic amines) is 1. The molecule has 2 heterocycles. The number of rotatable bonds is 5. The molecule has 1 aromatic heterocycles. The van der Waals surface area contributed by atoms with Crippen LogP contribution in [0.2, 0.25) is 0 Å². The second kappa shape index (κ2) is 5.19. The van der Waals surface area contributed by atoms with Gasteiger partial charge in [0.1, 0.15) is 11.5 Å². The SMILES string of the molecule is CC1CC1c1ccc(CNC2CCN(C3CC3)CC2)o1. The quantitative estimate of drug-likeness (QED) is 0.894. The average molecular weight is 274 g/mol. The van der Waals surface area contributed by atoms with Crippen LogP contribution < -0.4 is 5.32 Å². The highest BCUT2D eigenvalue weighted by molar-refractivity contribution is 5.17. The van der Waals surface area contributed by atoms with E-state index in [9.17, 15) is 0 Å². The molecular formula is C17H26N2O. The fraction of sp³-hybridized carbons (Fsp3) is 0.765. The van der Waals surface area contributed by atoms with Crippen molar-refractivity contribution < 1.29 is 4.42 Å². The van der Waals surface area contributed by atoms with Crippen molar-refractivity contribution >= 4 is 0 Å². The first-order valence-electron chi connectivity index (χ1n) is 8.35. The van der Waals surface area contributed by atoms with Crippen molar-refractivity contribution in [2.75, 3.05) is 13.1 Å². The number of nitrogens with zero attached hydrogens (tertiary/aromatic N) is 1. The minimum absolute atomic E-state index is 0.679. The summed E-state index contributed by atoms with van der Waals surface area (Å²) < 4.78 is 5.97. The summed E-state index contributed by atoms with van der Waals surface area (Å²) in [6.07, 6.45) is 6.77. The van der Waals surface area contributed by atoms with Crippen molar-refractivity contribution in [3.05, 3.63) is 23.7 Å². The molecule has 110 valence electrons. The molecule has 1 aliphatic heterocycles. The molecule has 1 N–H and O–H groups in total. The van der Waals surface area contributed by atoms with E-state index in [4.69, 9.17) is 4.42 Å². The minimum atomic E-state index is 0.679. The molecule has 1 saturated heterocycles. The van der Waals surface area contributed by atoms with E-state index in [0.717, 1.165) is 24.3 Å². The summed E-state index contributed by atoms with van der Waals surface area (Å²) in [6.45, 7) is 5.77. The monoisotopic (exact) mass is 274 g/mol. The van der Waals surface area contributed by atoms with Crippen LogP contribution in [0.5, 0.6) is 0 Å². The largest absolute Gasteiger partial charge is 0.464 e. The Hall–Kier alpha value is -0.800. The molecule has 0 bridgehead atoms. The van der Waals surface area contributed by atoms with Gasteiger partial charge in [0, 0.05) is 18.0 Å². The van der Waals surface area contributed by atoms with Crippen molar-refractivity contribution in [3.63, 3.8) is 0 Å². The number of nitrogens with one attached hydrogen (secondary N) is 1. The maximum Gasteiger partial charge on any atom is 0.117 e. The Morgan fingerprint density at radius 3 is 2.60 bits per heavy atom. The van der Waals surface area contributed by atoms with E-state index < -0.39 is 0 Å². The van der Waals surface area contributed by atoms with Crippen molar-refractivity contribution in [2.24, 2.45) is 5.92 Å². The summed E-state index contributed by atoms with van der Waals surface area (Å²) in [5.74, 6) is 3.85. The molecule has 2 atom stereocenters. The Bertz CT molecular complexity index is 457. The van der Waals surface area contributed by atoms with Gasteiger partial charge in [-0.25, -0.2) is 0 Å². The van der Waals surface area contributed by atoms with Crippen LogP contribution in [0.3, 0.4) is 0 Å². The van der Waals surface area contributed by atoms with Crippen molar-refractivity contribution in [3.8, 4) is 0 Å². The molecule has 2 aliphatic carbocycles. The summed E-state index contributed by atoms with van der Waals surface area (Å²) in [6, 6.07) is 5.95. The molecule has 3 heteroatoms. The van der Waals surface area contributed by atoms with Crippen LogP contribution in [0, 0.1) is 5.92 Å². The van der Waals surface area contributed by atoms with Gasteiger partial charge in [-0.2, -0.15) is 0 Å². The maximum atomic E-state index is 5.97. The van der Waals surface area contributed by atoms with E-state index in [-0.39, 0.29) is 0 Å². The van der Waals surface area contributed by atoms with Crippen LogP contribution in [0.1, 0.15) is 56.5 Å². The smallest absolute Gasteiger partial charge is 0.117 e. The Kier molecular flexibility index (Phi) is 3.35. The van der Waals surface area contributed by atoms with E-state index in [1.807, 2.05) is 0 Å². The third kappa shape index (κ3) is 2.79. The molecule has 3 fully saturated rings. The van der Waals surface area contributed by atoms with Crippen molar-refractivity contribution in [2.45, 2.75) is 63.6 Å². The zero-order valence-corrected chi connectivity index (χ0v) is 12.5. The first kappa shape index (κ1) is 12.9. The normalized spacial score (nSPS) is 31.6. The van der Waals surface area contributed by atoms with Crippen LogP contribution in [0.4, 0.5) is 0 Å². The van der Waals surface area contributed by atoms with E-state index >= 15 is 0 Å². The van der Waals surface area contributed by atoms with E-state index in [1.165, 1.54) is 51.0 Å². The molecule has 2 saturated carbocycles. The van der Waals surface area contributed by atoms with Crippen LogP contribution in [-0.2, 0) is 6.54 Å². The summed E-state index contributed by atoms with van der Waals surface area (Å²) in [4.78, 5) is 2.68. The zero-order chi connectivity index (χ0) is 13.5. The van der Waals surface area contributed by atoms with Gasteiger partial charge in [-0.1, -0.05) is 6.92 Å².